The molecule has 0 bridgehead atoms. The maximum absolute atomic E-state index is 13.0. The minimum Gasteiger partial charge on any atom is -0.321 e. The number of anilines is 1. The number of rotatable bonds is 2. The predicted octanol–water partition coefficient (Wildman–Crippen LogP) is 4.20. The molecule has 0 atom stereocenters. The van der Waals surface area contributed by atoms with Crippen LogP contribution < -0.4 is 5.32 Å². The number of amides is 1. The highest BCUT2D eigenvalue weighted by Crippen LogP contribution is 2.23. The minimum absolute atomic E-state index is 0.316. The normalized spacial score (nSPS) is 10.3. The van der Waals surface area contributed by atoms with Crippen molar-refractivity contribution in [1.29, 1.82) is 0 Å². The molecule has 19 heavy (non-hydrogen) atoms. The second kappa shape index (κ2) is 5.67. The highest BCUT2D eigenvalue weighted by molar-refractivity contribution is 9.10. The first-order chi connectivity index (χ1) is 8.97. The maximum atomic E-state index is 13.0. The van der Waals surface area contributed by atoms with Gasteiger partial charge in [-0.15, -0.1) is 0 Å². The molecule has 0 saturated carbocycles. The van der Waals surface area contributed by atoms with Gasteiger partial charge in [-0.25, -0.2) is 9.37 Å². The van der Waals surface area contributed by atoms with Crippen LogP contribution in [0, 0.1) is 12.7 Å². The topological polar surface area (TPSA) is 42.0 Å². The van der Waals surface area contributed by atoms with Gasteiger partial charge in [-0.05, 0) is 52.7 Å². The van der Waals surface area contributed by atoms with Gasteiger partial charge in [-0.3, -0.25) is 4.79 Å². The van der Waals surface area contributed by atoms with E-state index in [9.17, 15) is 9.18 Å². The lowest BCUT2D eigenvalue weighted by Crippen LogP contribution is -2.13. The van der Waals surface area contributed by atoms with E-state index < -0.39 is 0 Å². The third-order valence-electron chi connectivity index (χ3n) is 2.49. The van der Waals surface area contributed by atoms with Crippen LogP contribution in [0.5, 0.6) is 0 Å². The van der Waals surface area contributed by atoms with Gasteiger partial charge in [0.05, 0.1) is 16.4 Å². The lowest BCUT2D eigenvalue weighted by molar-refractivity contribution is 0.102. The average Bonchev–Trinajstić information content (AvgIpc) is 2.33. The zero-order chi connectivity index (χ0) is 14.0. The summed E-state index contributed by atoms with van der Waals surface area (Å²) in [5.41, 5.74) is 1.48. The lowest BCUT2D eigenvalue weighted by atomic mass is 10.1. The van der Waals surface area contributed by atoms with Crippen LogP contribution in [-0.2, 0) is 0 Å². The van der Waals surface area contributed by atoms with Crippen LogP contribution in [0.1, 0.15) is 15.9 Å². The Kier molecular flexibility index (Phi) is 4.17. The molecule has 0 aliphatic carbocycles. The molecule has 0 aliphatic rings. The summed E-state index contributed by atoms with van der Waals surface area (Å²) >= 11 is 8.99. The maximum Gasteiger partial charge on any atom is 0.255 e. The van der Waals surface area contributed by atoms with Gasteiger partial charge in [0.1, 0.15) is 11.0 Å². The number of halogens is 3. The molecule has 1 amide bonds. The molecule has 6 heteroatoms. The van der Waals surface area contributed by atoms with E-state index in [4.69, 9.17) is 11.6 Å². The molecule has 0 unspecified atom stereocenters. The highest BCUT2D eigenvalue weighted by Gasteiger charge is 2.11. The Bertz CT molecular complexity index is 649. The van der Waals surface area contributed by atoms with Gasteiger partial charge in [-0.2, -0.15) is 0 Å². The van der Waals surface area contributed by atoms with E-state index >= 15 is 0 Å². The third kappa shape index (κ3) is 3.30. The Hall–Kier alpha value is -1.46. The number of hydrogen-bond acceptors (Lipinski definition) is 2. The molecule has 2 aromatic rings. The first-order valence-corrected chi connectivity index (χ1v) is 6.53. The molecule has 3 nitrogen and oxygen atoms in total. The molecular weight excluding hydrogens is 335 g/mol. The Morgan fingerprint density at radius 3 is 2.79 bits per heavy atom. The van der Waals surface area contributed by atoms with Crippen LogP contribution in [0.3, 0.4) is 0 Å². The molecule has 0 saturated heterocycles. The fourth-order valence-electron chi connectivity index (χ4n) is 1.57. The van der Waals surface area contributed by atoms with Crippen LogP contribution in [0.4, 0.5) is 10.1 Å². The van der Waals surface area contributed by atoms with E-state index in [-0.39, 0.29) is 11.7 Å². The summed E-state index contributed by atoms with van der Waals surface area (Å²) in [6.45, 7) is 1.67. The molecule has 1 aromatic carbocycles. The summed E-state index contributed by atoms with van der Waals surface area (Å²) in [5.74, 6) is -0.696. The summed E-state index contributed by atoms with van der Waals surface area (Å²) in [6, 6.07) is 5.65. The Balaban J connectivity index is 2.23. The Morgan fingerprint density at radius 1 is 1.42 bits per heavy atom. The molecule has 0 aliphatic heterocycles. The quantitative estimate of drug-likeness (QED) is 0.831. The van der Waals surface area contributed by atoms with Crippen molar-refractivity contribution in [3.8, 4) is 0 Å². The molecule has 0 spiro atoms. The number of carbonyl (C=O) groups excluding carboxylic acids is 1. The SMILES string of the molecule is Cc1cc(F)ccc1C(=O)Nc1cnc(Cl)c(Br)c1. The van der Waals surface area contributed by atoms with E-state index in [0.29, 0.717) is 26.4 Å². The van der Waals surface area contributed by atoms with Crippen molar-refractivity contribution in [2.45, 2.75) is 6.92 Å². The fourth-order valence-corrected chi connectivity index (χ4v) is 2.02. The molecule has 2 rings (SSSR count). The second-order valence-electron chi connectivity index (χ2n) is 3.91. The molecule has 0 radical (unpaired) electrons. The van der Waals surface area contributed by atoms with Crippen LogP contribution in [-0.4, -0.2) is 10.9 Å². The lowest BCUT2D eigenvalue weighted by Gasteiger charge is -2.08. The van der Waals surface area contributed by atoms with Crippen LogP contribution in [0.15, 0.2) is 34.9 Å². The molecule has 98 valence electrons. The van der Waals surface area contributed by atoms with Crippen molar-refractivity contribution >= 4 is 39.1 Å². The number of aryl methyl sites for hydroxylation is 1. The van der Waals surface area contributed by atoms with Crippen LogP contribution in [0.25, 0.3) is 0 Å². The van der Waals surface area contributed by atoms with E-state index in [1.807, 2.05) is 0 Å². The summed E-state index contributed by atoms with van der Waals surface area (Å²) in [7, 11) is 0. The first-order valence-electron chi connectivity index (χ1n) is 5.36. The minimum atomic E-state index is -0.370. The number of nitrogens with zero attached hydrogens (tertiary/aromatic N) is 1. The Labute approximate surface area is 122 Å². The molecule has 1 aromatic heterocycles. The molecule has 1 heterocycles. The molecule has 1 N–H and O–H groups in total. The summed E-state index contributed by atoms with van der Waals surface area (Å²) < 4.78 is 13.6. The van der Waals surface area contributed by atoms with Gasteiger partial charge in [0.25, 0.3) is 5.91 Å². The van der Waals surface area contributed by atoms with Gasteiger partial charge >= 0.3 is 0 Å². The smallest absolute Gasteiger partial charge is 0.255 e. The van der Waals surface area contributed by atoms with E-state index in [2.05, 4.69) is 26.2 Å². The van der Waals surface area contributed by atoms with E-state index in [1.54, 1.807) is 13.0 Å². The van der Waals surface area contributed by atoms with Crippen LogP contribution >= 0.6 is 27.5 Å². The monoisotopic (exact) mass is 342 g/mol. The van der Waals surface area contributed by atoms with Gasteiger partial charge < -0.3 is 5.32 Å². The standard InChI is InChI=1S/C13H9BrClFN2O/c1-7-4-8(16)2-3-10(7)13(19)18-9-5-11(14)12(15)17-6-9/h2-6H,1H3,(H,18,19). The summed E-state index contributed by atoms with van der Waals surface area (Å²) in [6.07, 6.45) is 1.45. The summed E-state index contributed by atoms with van der Waals surface area (Å²) in [5, 5.41) is 2.99. The number of hydrogen-bond donors (Lipinski definition) is 1. The number of pyridine rings is 1. The van der Waals surface area contributed by atoms with Gasteiger partial charge in [0.15, 0.2) is 0 Å². The predicted molar refractivity (Wildman–Crippen MR) is 76.0 cm³/mol. The van der Waals surface area contributed by atoms with Gasteiger partial charge in [0, 0.05) is 5.56 Å². The number of aromatic nitrogens is 1. The zero-order valence-corrected chi connectivity index (χ0v) is 12.2. The Morgan fingerprint density at radius 2 is 2.16 bits per heavy atom. The van der Waals surface area contributed by atoms with E-state index in [0.717, 1.165) is 0 Å². The van der Waals surface area contributed by atoms with Gasteiger partial charge in [-0.1, -0.05) is 11.6 Å². The van der Waals surface area contributed by atoms with Crippen molar-refractivity contribution in [1.82, 2.24) is 4.98 Å². The van der Waals surface area contributed by atoms with Crippen molar-refractivity contribution in [3.05, 3.63) is 57.0 Å². The largest absolute Gasteiger partial charge is 0.321 e. The summed E-state index contributed by atoms with van der Waals surface area (Å²) in [4.78, 5) is 15.9. The molecule has 0 fully saturated rings. The van der Waals surface area contributed by atoms with Gasteiger partial charge in [0.2, 0.25) is 0 Å². The third-order valence-corrected chi connectivity index (χ3v) is 3.62. The molecular formula is C13H9BrClFN2O. The fraction of sp³-hybridized carbons (Fsp3) is 0.0769. The van der Waals surface area contributed by atoms with Crippen molar-refractivity contribution in [3.63, 3.8) is 0 Å². The number of carbonyl (C=O) groups is 1. The van der Waals surface area contributed by atoms with Crippen molar-refractivity contribution in [2.75, 3.05) is 5.32 Å². The first kappa shape index (κ1) is 14.0. The van der Waals surface area contributed by atoms with E-state index in [1.165, 1.54) is 24.4 Å². The average molecular weight is 344 g/mol. The van der Waals surface area contributed by atoms with Crippen LogP contribution in [0.2, 0.25) is 5.15 Å². The zero-order valence-electron chi connectivity index (χ0n) is 9.88. The van der Waals surface area contributed by atoms with Crippen molar-refractivity contribution in [2.24, 2.45) is 0 Å². The number of benzene rings is 1. The second-order valence-corrected chi connectivity index (χ2v) is 5.12. The number of nitrogens with one attached hydrogen (secondary N) is 1. The van der Waals surface area contributed by atoms with Crippen molar-refractivity contribution < 1.29 is 9.18 Å². The highest BCUT2D eigenvalue weighted by atomic mass is 79.9.